The van der Waals surface area contributed by atoms with Crippen LogP contribution in [0, 0.1) is 0 Å². The van der Waals surface area contributed by atoms with Crippen LogP contribution in [-0.4, -0.2) is 41.8 Å². The lowest BCUT2D eigenvalue weighted by Gasteiger charge is -2.13. The van der Waals surface area contributed by atoms with Gasteiger partial charge in [-0.1, -0.05) is 15.9 Å². The molecule has 3 N–H and O–H groups in total. The molecule has 1 aromatic carbocycles. The van der Waals surface area contributed by atoms with Gasteiger partial charge in [-0.2, -0.15) is 0 Å². The van der Waals surface area contributed by atoms with E-state index in [0.717, 1.165) is 0 Å². The Hall–Kier alpha value is -0.980. The first kappa shape index (κ1) is 15.1. The van der Waals surface area contributed by atoms with Gasteiger partial charge in [0.15, 0.2) is 5.75 Å². The summed E-state index contributed by atoms with van der Waals surface area (Å²) in [6, 6.07) is 3.03. The van der Waals surface area contributed by atoms with Crippen LogP contribution in [0.1, 0.15) is 10.4 Å². The predicted molar refractivity (Wildman–Crippen MR) is 72.4 cm³/mol. The number of phenolic OH excluding ortho intramolecular Hbond substituents is 1. The van der Waals surface area contributed by atoms with E-state index in [-0.39, 0.29) is 23.7 Å². The predicted octanol–water partition coefficient (Wildman–Crippen LogP) is 1.95. The Kier molecular flexibility index (Phi) is 5.71. The maximum atomic E-state index is 11.4. The number of hydrogen-bond acceptors (Lipinski definition) is 5. The fourth-order valence-corrected chi connectivity index (χ4v) is 1.85. The minimum atomic E-state index is -0.744. The molecule has 0 spiro atoms. The third-order valence-corrected chi connectivity index (χ3v) is 3.00. The van der Waals surface area contributed by atoms with Gasteiger partial charge in [-0.15, -0.1) is 11.6 Å². The molecule has 0 bridgehead atoms. The molecule has 0 heterocycles. The molecule has 0 aliphatic heterocycles. The van der Waals surface area contributed by atoms with Gasteiger partial charge >= 0.3 is 5.97 Å². The van der Waals surface area contributed by atoms with Gasteiger partial charge in [-0.3, -0.25) is 0 Å². The summed E-state index contributed by atoms with van der Waals surface area (Å²) >= 11 is 8.68. The van der Waals surface area contributed by atoms with E-state index in [4.69, 9.17) is 11.6 Å². The van der Waals surface area contributed by atoms with Crippen LogP contribution < -0.4 is 5.32 Å². The minimum absolute atomic E-state index is 0.0368. The van der Waals surface area contributed by atoms with Crippen molar-refractivity contribution in [3.8, 4) is 5.75 Å². The summed E-state index contributed by atoms with van der Waals surface area (Å²) in [5.74, 6) is -0.799. The Morgan fingerprint density at radius 2 is 2.28 bits per heavy atom. The van der Waals surface area contributed by atoms with E-state index in [1.54, 1.807) is 6.07 Å². The average molecular weight is 339 g/mol. The number of halogens is 2. The number of aromatic hydroxyl groups is 1. The molecular formula is C11H13BrClNO4. The molecule has 0 radical (unpaired) electrons. The van der Waals surface area contributed by atoms with Crippen molar-refractivity contribution in [2.45, 2.75) is 6.10 Å². The van der Waals surface area contributed by atoms with Crippen LogP contribution in [0.3, 0.4) is 0 Å². The number of benzene rings is 1. The average Bonchev–Trinajstić information content (AvgIpc) is 2.37. The molecule has 0 saturated heterocycles. The summed E-state index contributed by atoms with van der Waals surface area (Å²) in [5.41, 5.74) is 0.351. The number of carbonyl (C=O) groups is 1. The standard InChI is InChI=1S/C11H13BrClNO4/c1-18-11(17)8-2-6(12)3-9(10(8)16)14-5-7(15)4-13/h2-3,7,14-16H,4-5H2,1H3. The molecular weight excluding hydrogens is 325 g/mol. The van der Waals surface area contributed by atoms with Crippen LogP contribution in [0.5, 0.6) is 5.75 Å². The van der Waals surface area contributed by atoms with Crippen LogP contribution in [0.25, 0.3) is 0 Å². The van der Waals surface area contributed by atoms with Crippen LogP contribution >= 0.6 is 27.5 Å². The lowest BCUT2D eigenvalue weighted by Crippen LogP contribution is -2.21. The largest absolute Gasteiger partial charge is 0.505 e. The normalized spacial score (nSPS) is 12.0. The molecule has 0 aromatic heterocycles. The van der Waals surface area contributed by atoms with E-state index in [1.165, 1.54) is 13.2 Å². The lowest BCUT2D eigenvalue weighted by molar-refractivity contribution is 0.0597. The summed E-state index contributed by atoms with van der Waals surface area (Å²) in [6.45, 7) is 0.161. The molecule has 1 atom stereocenters. The van der Waals surface area contributed by atoms with E-state index in [0.29, 0.717) is 10.2 Å². The molecule has 1 aromatic rings. The van der Waals surface area contributed by atoms with Crippen molar-refractivity contribution in [2.75, 3.05) is 24.9 Å². The first-order valence-corrected chi connectivity index (χ1v) is 6.41. The van der Waals surface area contributed by atoms with Crippen LogP contribution in [0.2, 0.25) is 0 Å². The molecule has 0 aliphatic rings. The Morgan fingerprint density at radius 3 is 2.83 bits per heavy atom. The number of aliphatic hydroxyl groups is 1. The number of phenols is 1. The molecule has 0 aliphatic carbocycles. The first-order valence-electron chi connectivity index (χ1n) is 5.08. The second-order valence-corrected chi connectivity index (χ2v) is 4.75. The Morgan fingerprint density at radius 1 is 1.61 bits per heavy atom. The summed E-state index contributed by atoms with van der Waals surface area (Å²) in [5, 5.41) is 22.0. The van der Waals surface area contributed by atoms with Crippen molar-refractivity contribution in [3.63, 3.8) is 0 Å². The molecule has 1 rings (SSSR count). The summed E-state index contributed by atoms with van der Waals surface area (Å²) in [4.78, 5) is 11.4. The number of carbonyl (C=O) groups excluding carboxylic acids is 1. The smallest absolute Gasteiger partial charge is 0.341 e. The Balaban J connectivity index is 2.98. The number of ether oxygens (including phenoxy) is 1. The monoisotopic (exact) mass is 337 g/mol. The second kappa shape index (κ2) is 6.82. The highest BCUT2D eigenvalue weighted by atomic mass is 79.9. The zero-order valence-corrected chi connectivity index (χ0v) is 12.0. The van der Waals surface area contributed by atoms with Crippen LogP contribution in [0.15, 0.2) is 16.6 Å². The van der Waals surface area contributed by atoms with Crippen LogP contribution in [0.4, 0.5) is 5.69 Å². The number of aliphatic hydroxyl groups excluding tert-OH is 1. The van der Waals surface area contributed by atoms with E-state index in [1.807, 2.05) is 0 Å². The van der Waals surface area contributed by atoms with Gasteiger partial charge in [0.1, 0.15) is 5.56 Å². The summed E-state index contributed by atoms with van der Waals surface area (Å²) in [7, 11) is 1.23. The quantitative estimate of drug-likeness (QED) is 0.434. The molecule has 1 unspecified atom stereocenters. The third-order valence-electron chi connectivity index (χ3n) is 2.19. The maximum Gasteiger partial charge on any atom is 0.341 e. The topological polar surface area (TPSA) is 78.8 Å². The fraction of sp³-hybridized carbons (Fsp3) is 0.364. The highest BCUT2D eigenvalue weighted by Crippen LogP contribution is 2.32. The van der Waals surface area contributed by atoms with Gasteiger partial charge in [-0.25, -0.2) is 4.79 Å². The fourth-order valence-electron chi connectivity index (χ4n) is 1.28. The molecule has 100 valence electrons. The van der Waals surface area contributed by atoms with Gasteiger partial charge in [0.05, 0.1) is 24.8 Å². The second-order valence-electron chi connectivity index (χ2n) is 3.53. The van der Waals surface area contributed by atoms with Crippen molar-refractivity contribution < 1.29 is 19.7 Å². The maximum absolute atomic E-state index is 11.4. The van der Waals surface area contributed by atoms with Crippen molar-refractivity contribution in [2.24, 2.45) is 0 Å². The third kappa shape index (κ3) is 3.76. The number of anilines is 1. The molecule has 5 nitrogen and oxygen atoms in total. The van der Waals surface area contributed by atoms with Crippen molar-refractivity contribution in [3.05, 3.63) is 22.2 Å². The minimum Gasteiger partial charge on any atom is -0.505 e. The zero-order chi connectivity index (χ0) is 13.7. The summed E-state index contributed by atoms with van der Waals surface area (Å²) < 4.78 is 5.16. The van der Waals surface area contributed by atoms with Gasteiger partial charge in [0.25, 0.3) is 0 Å². The highest BCUT2D eigenvalue weighted by Gasteiger charge is 2.16. The van der Waals surface area contributed by atoms with Crippen LogP contribution in [-0.2, 0) is 4.74 Å². The van der Waals surface area contributed by atoms with Gasteiger partial charge in [-0.05, 0) is 12.1 Å². The van der Waals surface area contributed by atoms with E-state index in [9.17, 15) is 15.0 Å². The Labute approximate surface area is 118 Å². The number of methoxy groups -OCH3 is 1. The zero-order valence-electron chi connectivity index (χ0n) is 9.61. The highest BCUT2D eigenvalue weighted by molar-refractivity contribution is 9.10. The number of nitrogens with one attached hydrogen (secondary N) is 1. The molecule has 18 heavy (non-hydrogen) atoms. The van der Waals surface area contributed by atoms with Crippen molar-refractivity contribution in [1.82, 2.24) is 0 Å². The molecule has 7 heteroatoms. The number of alkyl halides is 1. The van der Waals surface area contributed by atoms with Gasteiger partial charge in [0.2, 0.25) is 0 Å². The SMILES string of the molecule is COC(=O)c1cc(Br)cc(NCC(O)CCl)c1O. The van der Waals surface area contributed by atoms with E-state index >= 15 is 0 Å². The first-order chi connectivity index (χ1) is 8.49. The molecule has 0 fully saturated rings. The lowest BCUT2D eigenvalue weighted by atomic mass is 10.1. The summed E-state index contributed by atoms with van der Waals surface area (Å²) in [6.07, 6.45) is -0.744. The van der Waals surface area contributed by atoms with E-state index < -0.39 is 12.1 Å². The van der Waals surface area contributed by atoms with Crippen molar-refractivity contribution in [1.29, 1.82) is 0 Å². The number of rotatable bonds is 5. The Bertz CT molecular complexity index is 441. The van der Waals surface area contributed by atoms with Gasteiger partial charge in [0, 0.05) is 11.0 Å². The van der Waals surface area contributed by atoms with Gasteiger partial charge < -0.3 is 20.3 Å². The number of hydrogen-bond donors (Lipinski definition) is 3. The van der Waals surface area contributed by atoms with E-state index in [2.05, 4.69) is 26.0 Å². The number of esters is 1. The molecule has 0 saturated carbocycles. The van der Waals surface area contributed by atoms with Crippen molar-refractivity contribution >= 4 is 39.2 Å². The molecule has 0 amide bonds.